The Kier molecular flexibility index (Phi) is 3.91. The van der Waals surface area contributed by atoms with Crippen LogP contribution in [0.1, 0.15) is 56.7 Å². The van der Waals surface area contributed by atoms with Crippen molar-refractivity contribution in [2.24, 2.45) is 0 Å². The van der Waals surface area contributed by atoms with Gasteiger partial charge in [-0.05, 0) is 33.6 Å². The molecule has 2 heterocycles. The van der Waals surface area contributed by atoms with Gasteiger partial charge in [0.05, 0.1) is 6.54 Å². The van der Waals surface area contributed by atoms with Gasteiger partial charge in [0.15, 0.2) is 0 Å². The molecule has 3 rings (SSSR count). The van der Waals surface area contributed by atoms with Crippen molar-refractivity contribution >= 4 is 11.3 Å². The van der Waals surface area contributed by atoms with Crippen LogP contribution in [0.5, 0.6) is 0 Å². The molecule has 1 saturated heterocycles. The molecule has 1 saturated carbocycles. The summed E-state index contributed by atoms with van der Waals surface area (Å²) in [5, 5.41) is 7.24. The summed E-state index contributed by atoms with van der Waals surface area (Å²) in [6.07, 6.45) is 6.88. The second kappa shape index (κ2) is 5.39. The minimum absolute atomic E-state index is 0.217. The highest BCUT2D eigenvalue weighted by molar-refractivity contribution is 7.09. The first-order valence-corrected chi connectivity index (χ1v) is 8.78. The third-order valence-electron chi connectivity index (χ3n) is 4.93. The van der Waals surface area contributed by atoms with Crippen molar-refractivity contribution in [3.05, 3.63) is 16.1 Å². The third kappa shape index (κ3) is 2.92. The van der Waals surface area contributed by atoms with Crippen molar-refractivity contribution < 1.29 is 0 Å². The van der Waals surface area contributed by atoms with E-state index in [9.17, 15) is 0 Å². The summed E-state index contributed by atoms with van der Waals surface area (Å²) in [5.74, 6) is 0. The predicted octanol–water partition coefficient (Wildman–Crippen LogP) is 3.34. The van der Waals surface area contributed by atoms with Gasteiger partial charge in [0.2, 0.25) is 0 Å². The molecule has 0 unspecified atom stereocenters. The number of hydrogen-bond acceptors (Lipinski definition) is 4. The van der Waals surface area contributed by atoms with Crippen molar-refractivity contribution in [1.82, 2.24) is 15.2 Å². The van der Waals surface area contributed by atoms with Crippen LogP contribution < -0.4 is 5.32 Å². The van der Waals surface area contributed by atoms with E-state index in [1.54, 1.807) is 0 Å². The molecule has 0 bridgehead atoms. The molecule has 20 heavy (non-hydrogen) atoms. The van der Waals surface area contributed by atoms with Gasteiger partial charge in [-0.1, -0.05) is 19.3 Å². The van der Waals surface area contributed by atoms with E-state index in [1.165, 1.54) is 37.1 Å². The fourth-order valence-electron chi connectivity index (χ4n) is 3.78. The molecule has 0 amide bonds. The molecule has 1 aromatic heterocycles. The van der Waals surface area contributed by atoms with E-state index in [1.807, 2.05) is 11.3 Å². The molecule has 4 heteroatoms. The molecule has 1 aliphatic heterocycles. The normalized spacial score (nSPS) is 25.9. The highest BCUT2D eigenvalue weighted by atomic mass is 32.1. The minimum Gasteiger partial charge on any atom is -0.309 e. The van der Waals surface area contributed by atoms with Crippen molar-refractivity contribution in [3.63, 3.8) is 0 Å². The van der Waals surface area contributed by atoms with Gasteiger partial charge in [0, 0.05) is 35.2 Å². The zero-order valence-electron chi connectivity index (χ0n) is 13.0. The highest BCUT2D eigenvalue weighted by Gasteiger charge is 2.44. The van der Waals surface area contributed by atoms with Crippen LogP contribution in [0.15, 0.2) is 5.38 Å². The topological polar surface area (TPSA) is 28.2 Å². The largest absolute Gasteiger partial charge is 0.309 e. The van der Waals surface area contributed by atoms with Gasteiger partial charge in [0.25, 0.3) is 0 Å². The number of nitrogens with zero attached hydrogens (tertiary/aromatic N) is 2. The maximum atomic E-state index is 4.69. The Morgan fingerprint density at radius 1 is 1.30 bits per heavy atom. The first kappa shape index (κ1) is 14.5. The van der Waals surface area contributed by atoms with Gasteiger partial charge in [-0.3, -0.25) is 4.90 Å². The van der Waals surface area contributed by atoms with Gasteiger partial charge in [0.1, 0.15) is 5.01 Å². The van der Waals surface area contributed by atoms with Crippen LogP contribution in [0.25, 0.3) is 0 Å². The Bertz CT molecular complexity index is 460. The van der Waals surface area contributed by atoms with Gasteiger partial charge >= 0.3 is 0 Å². The summed E-state index contributed by atoms with van der Waals surface area (Å²) >= 11 is 1.82. The van der Waals surface area contributed by atoms with Crippen molar-refractivity contribution in [2.75, 3.05) is 13.1 Å². The van der Waals surface area contributed by atoms with Crippen LogP contribution in [0.3, 0.4) is 0 Å². The second-order valence-electron chi connectivity index (χ2n) is 7.26. The summed E-state index contributed by atoms with van der Waals surface area (Å²) in [4.78, 5) is 7.42. The Labute approximate surface area is 126 Å². The van der Waals surface area contributed by atoms with E-state index in [4.69, 9.17) is 0 Å². The number of thiazole rings is 1. The molecule has 112 valence electrons. The van der Waals surface area contributed by atoms with Gasteiger partial charge in [-0.25, -0.2) is 4.98 Å². The standard InChI is InChI=1S/C16H27N3S/c1-13-10-20-14(18-13)9-19-12-15(2,3)17-11-16(19)7-5-4-6-8-16/h10,17H,4-9,11-12H2,1-3H3. The lowest BCUT2D eigenvalue weighted by Gasteiger charge is -2.54. The molecular formula is C16H27N3S. The van der Waals surface area contributed by atoms with E-state index in [0.717, 1.165) is 25.3 Å². The summed E-state index contributed by atoms with van der Waals surface area (Å²) in [7, 11) is 0. The molecule has 2 fully saturated rings. The lowest BCUT2D eigenvalue weighted by atomic mass is 9.77. The molecule has 1 N–H and O–H groups in total. The van der Waals surface area contributed by atoms with Crippen LogP contribution in [0, 0.1) is 6.92 Å². The molecule has 0 atom stereocenters. The van der Waals surface area contributed by atoms with Crippen LogP contribution in [0.4, 0.5) is 0 Å². The third-order valence-corrected chi connectivity index (χ3v) is 5.88. The highest BCUT2D eigenvalue weighted by Crippen LogP contribution is 2.38. The first-order valence-electron chi connectivity index (χ1n) is 7.90. The Morgan fingerprint density at radius 3 is 2.70 bits per heavy atom. The number of aryl methyl sites for hydroxylation is 1. The summed E-state index contributed by atoms with van der Waals surface area (Å²) in [6.45, 7) is 10.0. The maximum absolute atomic E-state index is 4.69. The lowest BCUT2D eigenvalue weighted by molar-refractivity contribution is -0.0161. The van der Waals surface area contributed by atoms with E-state index in [0.29, 0.717) is 5.54 Å². The molecule has 2 aliphatic rings. The molecule has 1 aliphatic carbocycles. The molecule has 1 aromatic rings. The number of piperazine rings is 1. The summed E-state index contributed by atoms with van der Waals surface area (Å²) < 4.78 is 0. The van der Waals surface area contributed by atoms with Crippen LogP contribution in [-0.2, 0) is 6.54 Å². The monoisotopic (exact) mass is 293 g/mol. The quantitative estimate of drug-likeness (QED) is 0.906. The molecule has 0 aromatic carbocycles. The fraction of sp³-hybridized carbons (Fsp3) is 0.812. The van der Waals surface area contributed by atoms with Crippen molar-refractivity contribution in [1.29, 1.82) is 0 Å². The van der Waals surface area contributed by atoms with Gasteiger partial charge in [-0.2, -0.15) is 0 Å². The number of rotatable bonds is 2. The lowest BCUT2D eigenvalue weighted by Crippen LogP contribution is -2.68. The average Bonchev–Trinajstić information content (AvgIpc) is 2.81. The van der Waals surface area contributed by atoms with E-state index >= 15 is 0 Å². The molecule has 3 nitrogen and oxygen atoms in total. The molecule has 0 radical (unpaired) electrons. The van der Waals surface area contributed by atoms with Crippen LogP contribution >= 0.6 is 11.3 Å². The van der Waals surface area contributed by atoms with Gasteiger partial charge < -0.3 is 5.32 Å². The van der Waals surface area contributed by atoms with Gasteiger partial charge in [-0.15, -0.1) is 11.3 Å². The van der Waals surface area contributed by atoms with Crippen molar-refractivity contribution in [2.45, 2.75) is 70.5 Å². The zero-order chi connectivity index (χ0) is 14.2. The number of aromatic nitrogens is 1. The summed E-state index contributed by atoms with van der Waals surface area (Å²) in [5.41, 5.74) is 1.76. The fourth-order valence-corrected chi connectivity index (χ4v) is 4.57. The minimum atomic E-state index is 0.217. The van der Waals surface area contributed by atoms with E-state index in [-0.39, 0.29) is 5.54 Å². The van der Waals surface area contributed by atoms with E-state index < -0.39 is 0 Å². The van der Waals surface area contributed by atoms with Crippen LogP contribution in [-0.4, -0.2) is 34.1 Å². The second-order valence-corrected chi connectivity index (χ2v) is 8.20. The maximum Gasteiger partial charge on any atom is 0.107 e. The molecule has 1 spiro atoms. The molecular weight excluding hydrogens is 266 g/mol. The van der Waals surface area contributed by atoms with Crippen molar-refractivity contribution in [3.8, 4) is 0 Å². The van der Waals surface area contributed by atoms with Crippen LogP contribution in [0.2, 0.25) is 0 Å². The SMILES string of the molecule is Cc1csc(CN2CC(C)(C)NCC23CCCCC3)n1. The smallest absolute Gasteiger partial charge is 0.107 e. The first-order chi connectivity index (χ1) is 9.49. The number of nitrogens with one attached hydrogen (secondary N) is 1. The number of hydrogen-bond donors (Lipinski definition) is 1. The average molecular weight is 293 g/mol. The Morgan fingerprint density at radius 2 is 2.05 bits per heavy atom. The predicted molar refractivity (Wildman–Crippen MR) is 85.2 cm³/mol. The summed E-state index contributed by atoms with van der Waals surface area (Å²) in [6, 6.07) is 0. The van der Waals surface area contributed by atoms with E-state index in [2.05, 4.69) is 41.4 Å². The zero-order valence-corrected chi connectivity index (χ0v) is 13.9. The Hall–Kier alpha value is -0.450. The Balaban J connectivity index is 1.81.